The Hall–Kier alpha value is -2.29. The molecule has 0 heterocycles. The van der Waals surface area contributed by atoms with Gasteiger partial charge >= 0.3 is 0 Å². The van der Waals surface area contributed by atoms with Crippen molar-refractivity contribution in [3.63, 3.8) is 0 Å². The van der Waals surface area contributed by atoms with E-state index in [2.05, 4.69) is 100 Å². The Bertz CT molecular complexity index is 796. The summed E-state index contributed by atoms with van der Waals surface area (Å²) in [4.78, 5) is 8.13. The third kappa shape index (κ3) is 3.47. The van der Waals surface area contributed by atoms with Crippen LogP contribution in [0.15, 0.2) is 36.4 Å². The van der Waals surface area contributed by atoms with Crippen LogP contribution in [0.25, 0.3) is 0 Å². The van der Waals surface area contributed by atoms with E-state index in [0.717, 1.165) is 6.54 Å². The quantitative estimate of drug-likeness (QED) is 0.823. The molecule has 144 valence electrons. The lowest BCUT2D eigenvalue weighted by Crippen LogP contribution is -2.74. The van der Waals surface area contributed by atoms with Gasteiger partial charge in [0.25, 0.3) is 0 Å². The van der Waals surface area contributed by atoms with Crippen molar-refractivity contribution in [2.45, 2.75) is 39.0 Å². The Morgan fingerprint density at radius 1 is 0.815 bits per heavy atom. The van der Waals surface area contributed by atoms with Crippen molar-refractivity contribution in [1.82, 2.24) is 0 Å². The van der Waals surface area contributed by atoms with Crippen molar-refractivity contribution in [3.8, 4) is 0 Å². The number of benzene rings is 2. The highest BCUT2D eigenvalue weighted by atomic mass is 15.1. The maximum Gasteiger partial charge on any atom is 0.213 e. The highest BCUT2D eigenvalue weighted by molar-refractivity contribution is 6.13. The number of hydrogen-bond acceptors (Lipinski definition) is 2. The standard InChI is InChI=1S/C24H33N3/c1-8-9-14-25-23-19-12-10-17(26(4)5)15-21(19)24(2,3)22-16-18(27(6)7)11-13-20(22)23/h10-13,15-16H,8-9,14H2,1-7H3/p+1. The van der Waals surface area contributed by atoms with Crippen LogP contribution in [0.3, 0.4) is 0 Å². The summed E-state index contributed by atoms with van der Waals surface area (Å²) < 4.78 is 0. The first-order valence-electron chi connectivity index (χ1n) is 10.0. The summed E-state index contributed by atoms with van der Waals surface area (Å²) >= 11 is 0. The fraction of sp³-hybridized carbons (Fsp3) is 0.458. The van der Waals surface area contributed by atoms with Gasteiger partial charge in [-0.3, -0.25) is 0 Å². The van der Waals surface area contributed by atoms with Crippen molar-refractivity contribution in [3.05, 3.63) is 58.7 Å². The fourth-order valence-corrected chi connectivity index (χ4v) is 3.96. The van der Waals surface area contributed by atoms with E-state index in [1.165, 1.54) is 52.2 Å². The predicted molar refractivity (Wildman–Crippen MR) is 118 cm³/mol. The van der Waals surface area contributed by atoms with Gasteiger partial charge in [-0.15, -0.1) is 0 Å². The van der Waals surface area contributed by atoms with Crippen LogP contribution in [0.5, 0.6) is 0 Å². The molecular weight excluding hydrogens is 330 g/mol. The number of rotatable bonds is 5. The molecule has 0 bridgehead atoms. The number of hydrogen-bond donors (Lipinski definition) is 1. The molecule has 3 heteroatoms. The highest BCUT2D eigenvalue weighted by Gasteiger charge is 2.38. The minimum Gasteiger partial charge on any atom is -0.378 e. The average Bonchev–Trinajstić information content (AvgIpc) is 2.64. The molecule has 2 aromatic carbocycles. The molecule has 0 radical (unpaired) electrons. The van der Waals surface area contributed by atoms with Gasteiger partial charge in [0, 0.05) is 51.4 Å². The van der Waals surface area contributed by atoms with Crippen LogP contribution in [0.1, 0.15) is 55.9 Å². The number of unbranched alkanes of at least 4 members (excludes halogenated alkanes) is 1. The second-order valence-electron chi connectivity index (χ2n) is 8.53. The van der Waals surface area contributed by atoms with Gasteiger partial charge in [0.15, 0.2) is 0 Å². The molecule has 0 aromatic heterocycles. The molecule has 0 fully saturated rings. The summed E-state index contributed by atoms with van der Waals surface area (Å²) in [6.07, 6.45) is 2.38. The topological polar surface area (TPSA) is 20.5 Å². The maximum absolute atomic E-state index is 3.76. The molecule has 0 atom stereocenters. The molecule has 0 spiro atoms. The molecular formula is C24H34N3+. The molecule has 0 unspecified atom stereocenters. The zero-order valence-electron chi connectivity index (χ0n) is 18.0. The van der Waals surface area contributed by atoms with Gasteiger partial charge in [0.05, 0.1) is 11.1 Å². The fourth-order valence-electron chi connectivity index (χ4n) is 3.96. The van der Waals surface area contributed by atoms with Crippen molar-refractivity contribution in [2.24, 2.45) is 0 Å². The molecule has 3 rings (SSSR count). The molecule has 2 aromatic rings. The van der Waals surface area contributed by atoms with E-state index in [4.69, 9.17) is 0 Å². The minimum absolute atomic E-state index is 0.0430. The minimum atomic E-state index is -0.0430. The molecule has 1 N–H and O–H groups in total. The second kappa shape index (κ2) is 7.38. The Balaban J connectivity index is 2.25. The second-order valence-corrected chi connectivity index (χ2v) is 8.53. The van der Waals surface area contributed by atoms with Gasteiger partial charge in [0.1, 0.15) is 6.54 Å². The van der Waals surface area contributed by atoms with E-state index in [-0.39, 0.29) is 5.41 Å². The Morgan fingerprint density at radius 2 is 1.30 bits per heavy atom. The third-order valence-electron chi connectivity index (χ3n) is 5.76. The summed E-state index contributed by atoms with van der Waals surface area (Å²) in [6, 6.07) is 13.8. The molecule has 1 aliphatic carbocycles. The summed E-state index contributed by atoms with van der Waals surface area (Å²) in [5.41, 5.74) is 9.22. The molecule has 0 saturated heterocycles. The van der Waals surface area contributed by atoms with Gasteiger partial charge < -0.3 is 9.80 Å². The van der Waals surface area contributed by atoms with Crippen LogP contribution < -0.4 is 14.8 Å². The molecule has 0 amide bonds. The van der Waals surface area contributed by atoms with E-state index in [0.29, 0.717) is 0 Å². The van der Waals surface area contributed by atoms with Crippen LogP contribution in [0.2, 0.25) is 0 Å². The number of anilines is 2. The zero-order valence-corrected chi connectivity index (χ0v) is 18.0. The number of nitrogens with one attached hydrogen (secondary N) is 1. The Morgan fingerprint density at radius 3 is 1.70 bits per heavy atom. The third-order valence-corrected chi connectivity index (χ3v) is 5.76. The van der Waals surface area contributed by atoms with E-state index in [9.17, 15) is 0 Å². The maximum atomic E-state index is 3.76. The molecule has 1 aliphatic rings. The van der Waals surface area contributed by atoms with Gasteiger partial charge in [-0.2, -0.15) is 0 Å². The zero-order chi connectivity index (χ0) is 19.8. The summed E-state index contributed by atoms with van der Waals surface area (Å²) in [7, 11) is 8.44. The van der Waals surface area contributed by atoms with Crippen LogP contribution in [-0.2, 0) is 5.41 Å². The normalized spacial score (nSPS) is 14.4. The van der Waals surface area contributed by atoms with Crippen LogP contribution in [-0.4, -0.2) is 40.4 Å². The highest BCUT2D eigenvalue weighted by Crippen LogP contribution is 2.43. The SMILES string of the molecule is CCCC[NH+]=C1c2ccc(N(C)C)cc2C(C)(C)c2cc(N(C)C)ccc21. The van der Waals surface area contributed by atoms with Crippen molar-refractivity contribution < 1.29 is 4.99 Å². The van der Waals surface area contributed by atoms with E-state index >= 15 is 0 Å². The van der Waals surface area contributed by atoms with E-state index in [1.807, 2.05) is 0 Å². The molecule has 0 saturated carbocycles. The average molecular weight is 365 g/mol. The lowest BCUT2D eigenvalue weighted by Gasteiger charge is -2.35. The first kappa shape index (κ1) is 19.5. The van der Waals surface area contributed by atoms with E-state index < -0.39 is 0 Å². The number of nitrogens with zero attached hydrogens (tertiary/aromatic N) is 2. The van der Waals surface area contributed by atoms with Gasteiger partial charge in [-0.1, -0.05) is 27.2 Å². The Kier molecular flexibility index (Phi) is 5.32. The first-order valence-corrected chi connectivity index (χ1v) is 10.0. The summed E-state index contributed by atoms with van der Waals surface area (Å²) in [5.74, 6) is 0. The lowest BCUT2D eigenvalue weighted by atomic mass is 9.68. The summed E-state index contributed by atoms with van der Waals surface area (Å²) in [5, 5.41) is 0. The van der Waals surface area contributed by atoms with Crippen molar-refractivity contribution >= 4 is 17.1 Å². The van der Waals surface area contributed by atoms with Gasteiger partial charge in [-0.05, 0) is 47.5 Å². The summed E-state index contributed by atoms with van der Waals surface area (Å²) in [6.45, 7) is 7.96. The molecule has 0 aliphatic heterocycles. The van der Waals surface area contributed by atoms with E-state index in [1.54, 1.807) is 0 Å². The largest absolute Gasteiger partial charge is 0.378 e. The first-order chi connectivity index (χ1) is 12.8. The van der Waals surface area contributed by atoms with Gasteiger partial charge in [0.2, 0.25) is 5.71 Å². The van der Waals surface area contributed by atoms with Crippen LogP contribution in [0.4, 0.5) is 11.4 Å². The predicted octanol–water partition coefficient (Wildman–Crippen LogP) is 3.18. The van der Waals surface area contributed by atoms with Crippen LogP contribution in [0, 0.1) is 0 Å². The van der Waals surface area contributed by atoms with Crippen LogP contribution >= 0.6 is 0 Å². The van der Waals surface area contributed by atoms with Crippen molar-refractivity contribution in [2.75, 3.05) is 44.5 Å². The smallest absolute Gasteiger partial charge is 0.213 e. The van der Waals surface area contributed by atoms with Gasteiger partial charge in [-0.25, -0.2) is 4.99 Å². The number of fused-ring (bicyclic) bond motifs is 2. The molecule has 27 heavy (non-hydrogen) atoms. The van der Waals surface area contributed by atoms with Crippen molar-refractivity contribution in [1.29, 1.82) is 0 Å². The molecule has 3 nitrogen and oxygen atoms in total. The lowest BCUT2D eigenvalue weighted by molar-refractivity contribution is -0.456. The monoisotopic (exact) mass is 364 g/mol. The Labute approximate surface area is 164 Å².